The van der Waals surface area contributed by atoms with E-state index in [1.165, 1.54) is 12.3 Å². The molecule has 0 bridgehead atoms. The number of nitriles is 1. The van der Waals surface area contributed by atoms with Crippen LogP contribution in [0, 0.1) is 11.3 Å². The zero-order chi connectivity index (χ0) is 13.1. The molecule has 1 unspecified atom stereocenters. The van der Waals surface area contributed by atoms with Gasteiger partial charge in [-0.05, 0) is 6.42 Å². The van der Waals surface area contributed by atoms with Gasteiger partial charge in [-0.1, -0.05) is 6.92 Å². The molecule has 1 N–H and O–H groups in total. The van der Waals surface area contributed by atoms with Gasteiger partial charge in [-0.2, -0.15) is 5.26 Å². The predicted octanol–water partition coefficient (Wildman–Crippen LogP) is 1.39. The van der Waals surface area contributed by atoms with Crippen LogP contribution in [0.4, 0.5) is 5.13 Å². The zero-order valence-corrected chi connectivity index (χ0v) is 10.9. The van der Waals surface area contributed by atoms with Gasteiger partial charge in [-0.3, -0.25) is 9.52 Å². The van der Waals surface area contributed by atoms with Crippen LogP contribution in [-0.4, -0.2) is 24.4 Å². The molecule has 1 atom stereocenters. The van der Waals surface area contributed by atoms with Crippen molar-refractivity contribution in [2.24, 2.45) is 0 Å². The summed E-state index contributed by atoms with van der Waals surface area (Å²) in [5, 5.41) is 9.14. The Kier molecular flexibility index (Phi) is 4.20. The van der Waals surface area contributed by atoms with Crippen LogP contribution in [0.5, 0.6) is 0 Å². The van der Waals surface area contributed by atoms with Crippen LogP contribution in [-0.2, 0) is 10.0 Å². The summed E-state index contributed by atoms with van der Waals surface area (Å²) in [5.74, 6) is -0.237. The molecule has 92 valence electrons. The van der Waals surface area contributed by atoms with Crippen molar-refractivity contribution >= 4 is 32.3 Å². The van der Waals surface area contributed by atoms with E-state index < -0.39 is 15.3 Å². The monoisotopic (exact) mass is 273 g/mol. The number of hydrogen-bond acceptors (Lipinski definition) is 6. The highest BCUT2D eigenvalue weighted by atomic mass is 32.2. The summed E-state index contributed by atoms with van der Waals surface area (Å²) in [6, 6.07) is 1.70. The smallest absolute Gasteiger partial charge is 0.250 e. The molecule has 0 saturated heterocycles. The van der Waals surface area contributed by atoms with Gasteiger partial charge in [0, 0.05) is 12.3 Å². The summed E-state index contributed by atoms with van der Waals surface area (Å²) in [6.45, 7) is 2.95. The van der Waals surface area contributed by atoms with Crippen LogP contribution in [0.2, 0.25) is 0 Å². The van der Waals surface area contributed by atoms with Gasteiger partial charge >= 0.3 is 0 Å². The summed E-state index contributed by atoms with van der Waals surface area (Å²) >= 11 is 1.01. The second-order valence-corrected chi connectivity index (χ2v) is 5.99. The molecular weight excluding hydrogens is 262 g/mol. The Hall–Kier alpha value is -1.46. The molecule has 0 radical (unpaired) electrons. The number of nitrogens with one attached hydrogen (secondary N) is 1. The van der Waals surface area contributed by atoms with Gasteiger partial charge in [-0.25, -0.2) is 13.4 Å². The molecule has 0 aliphatic rings. The number of ketones is 1. The fourth-order valence-corrected chi connectivity index (χ4v) is 3.20. The molecule has 1 aromatic rings. The van der Waals surface area contributed by atoms with E-state index >= 15 is 0 Å². The van der Waals surface area contributed by atoms with Gasteiger partial charge in [-0.15, -0.1) is 11.3 Å². The van der Waals surface area contributed by atoms with E-state index in [9.17, 15) is 13.2 Å². The number of Topliss-reactive ketones (excluding diaryl/α,β-unsaturated/α-hetero) is 1. The molecule has 0 spiro atoms. The van der Waals surface area contributed by atoms with E-state index in [-0.39, 0.29) is 23.0 Å². The number of nitrogens with zero attached hydrogens (tertiary/aromatic N) is 2. The fraction of sp³-hybridized carbons (Fsp3) is 0.444. The fourth-order valence-electron chi connectivity index (χ4n) is 1.06. The highest BCUT2D eigenvalue weighted by Gasteiger charge is 2.24. The van der Waals surface area contributed by atoms with Gasteiger partial charge in [0.2, 0.25) is 0 Å². The molecule has 0 saturated carbocycles. The third-order valence-corrected chi connectivity index (χ3v) is 4.54. The van der Waals surface area contributed by atoms with Crippen LogP contribution >= 0.6 is 11.3 Å². The highest BCUT2D eigenvalue weighted by molar-refractivity contribution is 7.93. The van der Waals surface area contributed by atoms with E-state index in [0.717, 1.165) is 11.3 Å². The quantitative estimate of drug-likeness (QED) is 0.817. The third-order valence-electron chi connectivity index (χ3n) is 1.98. The minimum Gasteiger partial charge on any atom is -0.293 e. The summed E-state index contributed by atoms with van der Waals surface area (Å²) < 4.78 is 25.6. The number of thiazole rings is 1. The van der Waals surface area contributed by atoms with Gasteiger partial charge in [0.25, 0.3) is 10.0 Å². The van der Waals surface area contributed by atoms with Crippen LogP contribution in [0.25, 0.3) is 0 Å². The van der Waals surface area contributed by atoms with Crippen molar-refractivity contribution in [2.45, 2.75) is 25.5 Å². The van der Waals surface area contributed by atoms with E-state index in [2.05, 4.69) is 9.71 Å². The summed E-state index contributed by atoms with van der Waals surface area (Å²) in [5.41, 5.74) is 0.206. The Bertz CT molecular complexity index is 556. The number of sulfonamides is 1. The number of anilines is 1. The van der Waals surface area contributed by atoms with Crippen LogP contribution < -0.4 is 4.72 Å². The molecule has 1 heterocycles. The first-order valence-electron chi connectivity index (χ1n) is 4.78. The van der Waals surface area contributed by atoms with Crippen molar-refractivity contribution < 1.29 is 13.2 Å². The van der Waals surface area contributed by atoms with Crippen molar-refractivity contribution in [2.75, 3.05) is 4.72 Å². The zero-order valence-electron chi connectivity index (χ0n) is 9.30. The summed E-state index contributed by atoms with van der Waals surface area (Å²) in [7, 11) is -3.76. The number of rotatable bonds is 5. The van der Waals surface area contributed by atoms with Crippen molar-refractivity contribution in [3.05, 3.63) is 11.1 Å². The Morgan fingerprint density at radius 3 is 2.76 bits per heavy atom. The maximum Gasteiger partial charge on any atom is 0.250 e. The van der Waals surface area contributed by atoms with E-state index in [0.29, 0.717) is 0 Å². The molecule has 0 aromatic carbocycles. The van der Waals surface area contributed by atoms with E-state index in [1.807, 2.05) is 0 Å². The van der Waals surface area contributed by atoms with Crippen LogP contribution in [0.15, 0.2) is 5.38 Å². The average Bonchev–Trinajstić information content (AvgIpc) is 2.66. The Balaban J connectivity index is 2.91. The standard InChI is InChI=1S/C9H11N3O3S2/c1-3-7(4-10)17(14,15)12-9-11-8(5-16-9)6(2)13/h5,7H,3H2,1-2H3,(H,11,12). The molecule has 0 fully saturated rings. The molecule has 17 heavy (non-hydrogen) atoms. The van der Waals surface area contributed by atoms with Gasteiger partial charge in [0.05, 0.1) is 6.07 Å². The molecule has 6 nitrogen and oxygen atoms in total. The van der Waals surface area contributed by atoms with Crippen molar-refractivity contribution in [1.82, 2.24) is 4.98 Å². The molecule has 0 amide bonds. The van der Waals surface area contributed by atoms with Gasteiger partial charge in [0.1, 0.15) is 5.69 Å². The van der Waals surface area contributed by atoms with Crippen molar-refractivity contribution in [3.8, 4) is 6.07 Å². The Morgan fingerprint density at radius 2 is 2.35 bits per heavy atom. The first-order valence-corrected chi connectivity index (χ1v) is 7.21. The summed E-state index contributed by atoms with van der Waals surface area (Å²) in [6.07, 6.45) is 0.191. The normalized spacial score (nSPS) is 12.8. The van der Waals surface area contributed by atoms with E-state index in [1.54, 1.807) is 13.0 Å². The summed E-state index contributed by atoms with van der Waals surface area (Å²) in [4.78, 5) is 14.8. The molecule has 0 aliphatic heterocycles. The second-order valence-electron chi connectivity index (χ2n) is 3.27. The maximum absolute atomic E-state index is 11.7. The average molecular weight is 273 g/mol. The minimum atomic E-state index is -3.76. The van der Waals surface area contributed by atoms with E-state index in [4.69, 9.17) is 5.26 Å². The lowest BCUT2D eigenvalue weighted by molar-refractivity contribution is 0.101. The Morgan fingerprint density at radius 1 is 1.71 bits per heavy atom. The van der Waals surface area contributed by atoms with Crippen molar-refractivity contribution in [3.63, 3.8) is 0 Å². The lowest BCUT2D eigenvalue weighted by atomic mass is 10.4. The predicted molar refractivity (Wildman–Crippen MR) is 64.4 cm³/mol. The lowest BCUT2D eigenvalue weighted by Crippen LogP contribution is -2.25. The minimum absolute atomic E-state index is 0.101. The van der Waals surface area contributed by atoms with Crippen LogP contribution in [0.1, 0.15) is 30.8 Å². The lowest BCUT2D eigenvalue weighted by Gasteiger charge is -2.08. The SMILES string of the molecule is CCC(C#N)S(=O)(=O)Nc1nc(C(C)=O)cs1. The second kappa shape index (κ2) is 5.25. The third kappa shape index (κ3) is 3.25. The molecular formula is C9H11N3O3S2. The maximum atomic E-state index is 11.7. The molecule has 1 aromatic heterocycles. The highest BCUT2D eigenvalue weighted by Crippen LogP contribution is 2.19. The first kappa shape index (κ1) is 13.6. The van der Waals surface area contributed by atoms with Gasteiger partial charge in [0.15, 0.2) is 16.2 Å². The number of aromatic nitrogens is 1. The topological polar surface area (TPSA) is 99.9 Å². The molecule has 0 aliphatic carbocycles. The number of carbonyl (C=O) groups is 1. The number of carbonyl (C=O) groups excluding carboxylic acids is 1. The van der Waals surface area contributed by atoms with Gasteiger partial charge < -0.3 is 0 Å². The van der Waals surface area contributed by atoms with Crippen molar-refractivity contribution in [1.29, 1.82) is 5.26 Å². The number of hydrogen-bond donors (Lipinski definition) is 1. The largest absolute Gasteiger partial charge is 0.293 e. The molecule has 1 rings (SSSR count). The van der Waals surface area contributed by atoms with Crippen LogP contribution in [0.3, 0.4) is 0 Å². The molecule has 8 heteroatoms. The first-order chi connectivity index (χ1) is 7.90. The Labute approximate surface area is 103 Å².